The number of carbonyl (C=O) groups is 1. The van der Waals surface area contributed by atoms with Crippen molar-refractivity contribution in [2.45, 2.75) is 39.2 Å². The summed E-state index contributed by atoms with van der Waals surface area (Å²) >= 11 is 0. The van der Waals surface area contributed by atoms with Crippen molar-refractivity contribution in [1.29, 1.82) is 5.26 Å². The van der Waals surface area contributed by atoms with Crippen LogP contribution >= 0.6 is 12.4 Å². The summed E-state index contributed by atoms with van der Waals surface area (Å²) in [5.41, 5.74) is 4.85. The third-order valence-electron chi connectivity index (χ3n) is 6.20. The van der Waals surface area contributed by atoms with Crippen molar-refractivity contribution >= 4 is 29.9 Å². The average molecular weight is 544 g/mol. The molecule has 5 rings (SSSR count). The standard InChI is InChI=1S/C29H29N7O2.ClH/c1-29(2,3)26-15-27(36(35-26)23-7-6-21-17-32-10-8-20(21)13-23)34-28(37)33-22-11-19(16-30)12-25(14-22)38-24-5-4-9-31-18-24;/h4-7,9,11-15,18,32H,8,10,17H2,1-3H3,(H2,33,34,37);1H. The molecule has 0 bridgehead atoms. The highest BCUT2D eigenvalue weighted by molar-refractivity contribution is 5.99. The highest BCUT2D eigenvalue weighted by Gasteiger charge is 2.22. The molecule has 9 nitrogen and oxygen atoms in total. The summed E-state index contributed by atoms with van der Waals surface area (Å²) in [6.07, 6.45) is 4.16. The van der Waals surface area contributed by atoms with Gasteiger partial charge in [-0.1, -0.05) is 26.8 Å². The molecule has 0 spiro atoms. The van der Waals surface area contributed by atoms with Gasteiger partial charge in [0.15, 0.2) is 0 Å². The van der Waals surface area contributed by atoms with E-state index in [-0.39, 0.29) is 17.8 Å². The predicted molar refractivity (Wildman–Crippen MR) is 153 cm³/mol. The van der Waals surface area contributed by atoms with Gasteiger partial charge in [-0.15, -0.1) is 12.4 Å². The van der Waals surface area contributed by atoms with Gasteiger partial charge in [-0.3, -0.25) is 10.3 Å². The Morgan fingerprint density at radius 2 is 1.92 bits per heavy atom. The van der Waals surface area contributed by atoms with Gasteiger partial charge >= 0.3 is 6.03 Å². The van der Waals surface area contributed by atoms with Crippen LogP contribution < -0.4 is 20.7 Å². The molecule has 3 heterocycles. The normalized spacial score (nSPS) is 12.5. The monoisotopic (exact) mass is 543 g/mol. The molecule has 1 aliphatic rings. The first-order chi connectivity index (χ1) is 18.3. The first-order valence-corrected chi connectivity index (χ1v) is 12.4. The number of urea groups is 1. The number of amides is 2. The highest BCUT2D eigenvalue weighted by atomic mass is 35.5. The molecule has 0 unspecified atom stereocenters. The summed E-state index contributed by atoms with van der Waals surface area (Å²) in [4.78, 5) is 17.2. The van der Waals surface area contributed by atoms with Crippen LogP contribution in [0.3, 0.4) is 0 Å². The third kappa shape index (κ3) is 6.55. The van der Waals surface area contributed by atoms with Gasteiger partial charge in [0.05, 0.1) is 29.2 Å². The Morgan fingerprint density at radius 1 is 1.08 bits per heavy atom. The van der Waals surface area contributed by atoms with Crippen LogP contribution in [0.15, 0.2) is 67.0 Å². The van der Waals surface area contributed by atoms with Gasteiger partial charge in [-0.05, 0) is 60.5 Å². The van der Waals surface area contributed by atoms with Crippen LogP contribution in [0.1, 0.15) is 43.2 Å². The fraction of sp³-hybridized carbons (Fsp3) is 0.241. The maximum absolute atomic E-state index is 13.1. The van der Waals surface area contributed by atoms with E-state index in [9.17, 15) is 10.1 Å². The van der Waals surface area contributed by atoms with E-state index in [1.165, 1.54) is 11.1 Å². The van der Waals surface area contributed by atoms with Crippen molar-refractivity contribution < 1.29 is 9.53 Å². The number of benzene rings is 2. The molecule has 2 amide bonds. The Labute approximate surface area is 233 Å². The van der Waals surface area contributed by atoms with Crippen LogP contribution in [0.5, 0.6) is 11.5 Å². The van der Waals surface area contributed by atoms with E-state index in [0.29, 0.717) is 28.6 Å². The largest absolute Gasteiger partial charge is 0.456 e. The second-order valence-electron chi connectivity index (χ2n) is 10.2. The van der Waals surface area contributed by atoms with Crippen molar-refractivity contribution in [3.8, 4) is 23.3 Å². The third-order valence-corrected chi connectivity index (χ3v) is 6.20. The molecule has 0 saturated carbocycles. The van der Waals surface area contributed by atoms with Crippen LogP contribution in [-0.2, 0) is 18.4 Å². The average Bonchev–Trinajstić information content (AvgIpc) is 3.33. The van der Waals surface area contributed by atoms with Gasteiger partial charge in [0.1, 0.15) is 17.3 Å². The lowest BCUT2D eigenvalue weighted by molar-refractivity contribution is 0.262. The number of nitriles is 1. The topological polar surface area (TPSA) is 117 Å². The van der Waals surface area contributed by atoms with Crippen LogP contribution in [0.25, 0.3) is 5.69 Å². The lowest BCUT2D eigenvalue weighted by Crippen LogP contribution is -2.24. The number of pyridine rings is 1. The predicted octanol–water partition coefficient (Wildman–Crippen LogP) is 5.94. The molecule has 2 aromatic carbocycles. The lowest BCUT2D eigenvalue weighted by atomic mass is 9.92. The van der Waals surface area contributed by atoms with Crippen molar-refractivity contribution in [2.24, 2.45) is 0 Å². The summed E-state index contributed by atoms with van der Waals surface area (Å²) in [6.45, 7) is 8.03. The number of aromatic nitrogens is 3. The Bertz CT molecular complexity index is 1520. The number of anilines is 2. The molecule has 39 heavy (non-hydrogen) atoms. The zero-order chi connectivity index (χ0) is 26.7. The Morgan fingerprint density at radius 3 is 2.67 bits per heavy atom. The first-order valence-electron chi connectivity index (χ1n) is 12.4. The molecule has 10 heteroatoms. The number of fused-ring (bicyclic) bond motifs is 1. The summed E-state index contributed by atoms with van der Waals surface area (Å²) in [5.74, 6) is 1.48. The Hall–Kier alpha value is -4.39. The summed E-state index contributed by atoms with van der Waals surface area (Å²) in [6, 6.07) is 18.2. The van der Waals surface area contributed by atoms with E-state index in [4.69, 9.17) is 9.84 Å². The van der Waals surface area contributed by atoms with E-state index in [1.807, 2.05) is 12.1 Å². The molecule has 0 fully saturated rings. The van der Waals surface area contributed by atoms with E-state index >= 15 is 0 Å². The maximum Gasteiger partial charge on any atom is 0.324 e. The number of hydrogen-bond donors (Lipinski definition) is 3. The number of nitrogens with zero attached hydrogens (tertiary/aromatic N) is 4. The van der Waals surface area contributed by atoms with Crippen LogP contribution in [-0.4, -0.2) is 27.3 Å². The van der Waals surface area contributed by atoms with E-state index in [0.717, 1.165) is 30.9 Å². The van der Waals surface area contributed by atoms with Crippen molar-refractivity contribution in [3.05, 3.63) is 89.4 Å². The molecule has 0 aliphatic carbocycles. The van der Waals surface area contributed by atoms with E-state index in [2.05, 4.69) is 59.9 Å². The van der Waals surface area contributed by atoms with Gasteiger partial charge in [-0.2, -0.15) is 10.4 Å². The number of halogens is 1. The zero-order valence-electron chi connectivity index (χ0n) is 22.0. The highest BCUT2D eigenvalue weighted by Crippen LogP contribution is 2.29. The van der Waals surface area contributed by atoms with E-state index < -0.39 is 6.03 Å². The number of rotatable bonds is 5. The molecule has 1 aliphatic heterocycles. The molecule has 2 aromatic heterocycles. The SMILES string of the molecule is CC(C)(C)c1cc(NC(=O)Nc2cc(C#N)cc(Oc3cccnc3)c2)n(-c2ccc3c(c2)CCNC3)n1.Cl. The minimum absolute atomic E-state index is 0. The molecule has 200 valence electrons. The fourth-order valence-corrected chi connectivity index (χ4v) is 4.25. The lowest BCUT2D eigenvalue weighted by Gasteiger charge is -2.18. The number of ether oxygens (including phenoxy) is 1. The van der Waals surface area contributed by atoms with Crippen molar-refractivity contribution in [1.82, 2.24) is 20.1 Å². The quantitative estimate of drug-likeness (QED) is 0.287. The van der Waals surface area contributed by atoms with Crippen LogP contribution in [0.4, 0.5) is 16.3 Å². The summed E-state index contributed by atoms with van der Waals surface area (Å²) < 4.78 is 7.59. The zero-order valence-corrected chi connectivity index (χ0v) is 22.8. The smallest absolute Gasteiger partial charge is 0.324 e. The summed E-state index contributed by atoms with van der Waals surface area (Å²) in [7, 11) is 0. The molecule has 0 radical (unpaired) electrons. The maximum atomic E-state index is 13.1. The molecule has 3 N–H and O–H groups in total. The summed E-state index contributed by atoms with van der Waals surface area (Å²) in [5, 5.41) is 23.5. The van der Waals surface area contributed by atoms with Gasteiger partial charge in [0.25, 0.3) is 0 Å². The van der Waals surface area contributed by atoms with E-state index in [1.54, 1.807) is 47.4 Å². The van der Waals surface area contributed by atoms with Gasteiger partial charge in [0.2, 0.25) is 0 Å². The number of nitrogens with one attached hydrogen (secondary N) is 3. The van der Waals surface area contributed by atoms with Gasteiger partial charge in [0, 0.05) is 36.0 Å². The number of carbonyl (C=O) groups excluding carboxylic acids is 1. The minimum atomic E-state index is -0.462. The van der Waals surface area contributed by atoms with Crippen molar-refractivity contribution in [3.63, 3.8) is 0 Å². The number of hydrogen-bond acceptors (Lipinski definition) is 6. The first kappa shape index (κ1) is 27.6. The molecule has 4 aromatic rings. The Balaban J connectivity index is 0.00000353. The molecular weight excluding hydrogens is 514 g/mol. The minimum Gasteiger partial charge on any atom is -0.456 e. The van der Waals surface area contributed by atoms with Gasteiger partial charge in [-0.25, -0.2) is 9.48 Å². The van der Waals surface area contributed by atoms with Crippen LogP contribution in [0.2, 0.25) is 0 Å². The van der Waals surface area contributed by atoms with Gasteiger partial charge < -0.3 is 15.4 Å². The molecule has 0 atom stereocenters. The van der Waals surface area contributed by atoms with Crippen LogP contribution in [0, 0.1) is 11.3 Å². The second kappa shape index (κ2) is 11.6. The second-order valence-corrected chi connectivity index (χ2v) is 10.2. The molecular formula is C29H30ClN7O2. The fourth-order valence-electron chi connectivity index (χ4n) is 4.25. The van der Waals surface area contributed by atoms with Crippen molar-refractivity contribution in [2.75, 3.05) is 17.2 Å². The Kier molecular flexibility index (Phi) is 8.19. The molecule has 0 saturated heterocycles.